The number of carbonyl (C=O) groups is 1. The fourth-order valence-corrected chi connectivity index (χ4v) is 5.85. The lowest BCUT2D eigenvalue weighted by Crippen LogP contribution is -2.54. The van der Waals surface area contributed by atoms with Crippen molar-refractivity contribution in [2.24, 2.45) is 10.9 Å². The zero-order chi connectivity index (χ0) is 21.0. The molecule has 2 aliphatic heterocycles. The zero-order valence-electron chi connectivity index (χ0n) is 17.2. The highest BCUT2D eigenvalue weighted by Gasteiger charge is 2.56. The number of nitrogens with zero attached hydrogens (tertiary/aromatic N) is 2. The van der Waals surface area contributed by atoms with Gasteiger partial charge in [-0.1, -0.05) is 55.0 Å². The van der Waals surface area contributed by atoms with Crippen LogP contribution in [0.4, 0.5) is 0 Å². The highest BCUT2D eigenvalue weighted by molar-refractivity contribution is 6.21. The number of ketones is 1. The van der Waals surface area contributed by atoms with Crippen molar-refractivity contribution in [3.63, 3.8) is 0 Å². The number of rotatable bonds is 2. The summed E-state index contributed by atoms with van der Waals surface area (Å²) < 4.78 is 0. The van der Waals surface area contributed by atoms with Gasteiger partial charge in [-0.15, -0.1) is 0 Å². The van der Waals surface area contributed by atoms with Gasteiger partial charge in [0.25, 0.3) is 0 Å². The Hall–Kier alpha value is -3.40. The second kappa shape index (κ2) is 6.81. The minimum absolute atomic E-state index is 0.0198. The summed E-state index contributed by atoms with van der Waals surface area (Å²) in [6, 6.07) is 18.0. The Morgan fingerprint density at radius 1 is 0.968 bits per heavy atom. The summed E-state index contributed by atoms with van der Waals surface area (Å²) in [6.07, 6.45) is 12.0. The van der Waals surface area contributed by atoms with Gasteiger partial charge in [0.15, 0.2) is 5.78 Å². The number of phenols is 1. The van der Waals surface area contributed by atoms with E-state index in [0.717, 1.165) is 41.9 Å². The Morgan fingerprint density at radius 3 is 2.58 bits per heavy atom. The molecule has 1 saturated carbocycles. The Balaban J connectivity index is 1.60. The van der Waals surface area contributed by atoms with Gasteiger partial charge in [0.05, 0.1) is 11.4 Å². The number of allylic oxidation sites excluding steroid dienone is 4. The molecule has 1 N–H and O–H groups in total. The minimum atomic E-state index is -0.378. The largest absolute Gasteiger partial charge is 0.508 e. The first kappa shape index (κ1) is 18.4. The van der Waals surface area contributed by atoms with Gasteiger partial charge in [-0.3, -0.25) is 9.79 Å². The van der Waals surface area contributed by atoms with Gasteiger partial charge in [0, 0.05) is 23.6 Å². The number of aromatic hydroxyl groups is 1. The van der Waals surface area contributed by atoms with Gasteiger partial charge in [0.1, 0.15) is 11.4 Å². The number of phenolic OH excluding ortho intramolecular Hbond substituents is 1. The molecule has 2 aromatic rings. The molecule has 1 fully saturated rings. The van der Waals surface area contributed by atoms with Crippen LogP contribution in [0.5, 0.6) is 5.75 Å². The third-order valence-electron chi connectivity index (χ3n) is 7.15. The van der Waals surface area contributed by atoms with Crippen LogP contribution in [-0.2, 0) is 4.79 Å². The van der Waals surface area contributed by atoms with E-state index in [2.05, 4.69) is 35.2 Å². The number of hydrogen-bond acceptors (Lipinski definition) is 4. The maximum atomic E-state index is 12.3. The molecule has 0 bridgehead atoms. The summed E-state index contributed by atoms with van der Waals surface area (Å²) in [7, 11) is 0. The Labute approximate surface area is 181 Å². The summed E-state index contributed by atoms with van der Waals surface area (Å²) in [4.78, 5) is 20.0. The van der Waals surface area contributed by atoms with Crippen LogP contribution < -0.4 is 0 Å². The van der Waals surface area contributed by atoms with Crippen LogP contribution >= 0.6 is 0 Å². The van der Waals surface area contributed by atoms with Crippen LogP contribution in [0.3, 0.4) is 0 Å². The van der Waals surface area contributed by atoms with Crippen molar-refractivity contribution in [1.29, 1.82) is 0 Å². The van der Waals surface area contributed by atoms with Crippen molar-refractivity contribution in [2.45, 2.75) is 37.3 Å². The molecule has 0 aromatic heterocycles. The van der Waals surface area contributed by atoms with E-state index >= 15 is 0 Å². The maximum Gasteiger partial charge on any atom is 0.180 e. The van der Waals surface area contributed by atoms with Gasteiger partial charge in [-0.05, 0) is 54.7 Å². The molecule has 6 rings (SSSR count). The van der Waals surface area contributed by atoms with Crippen molar-refractivity contribution < 1.29 is 9.90 Å². The highest BCUT2D eigenvalue weighted by atomic mass is 16.3. The maximum absolute atomic E-state index is 12.3. The standard InChI is InChI=1S/C27H24N2O2/c30-20-11-9-18(10-12-20)22-17-25(19-6-2-1-3-7-19)29-26-16-21(31)13-14-24(26)28-27(29)15-5-4-8-23(22)27/h1-3,6-7,9-14,16-17,22-23,30H,4-5,8,15H2. The predicted molar refractivity (Wildman–Crippen MR) is 121 cm³/mol. The van der Waals surface area contributed by atoms with Crippen molar-refractivity contribution in [3.8, 4) is 5.75 Å². The third-order valence-corrected chi connectivity index (χ3v) is 7.15. The number of benzene rings is 2. The second-order valence-electron chi connectivity index (χ2n) is 8.86. The van der Waals surface area contributed by atoms with Crippen LogP contribution in [0.2, 0.25) is 0 Å². The summed E-state index contributed by atoms with van der Waals surface area (Å²) in [5.41, 5.74) is 4.92. The Morgan fingerprint density at radius 2 is 1.77 bits per heavy atom. The minimum Gasteiger partial charge on any atom is -0.508 e. The predicted octanol–water partition coefficient (Wildman–Crippen LogP) is 5.20. The van der Waals surface area contributed by atoms with Crippen LogP contribution in [0.25, 0.3) is 5.70 Å². The van der Waals surface area contributed by atoms with Gasteiger partial charge >= 0.3 is 0 Å². The van der Waals surface area contributed by atoms with Gasteiger partial charge in [-0.25, -0.2) is 0 Å². The van der Waals surface area contributed by atoms with Crippen LogP contribution in [0.15, 0.2) is 89.6 Å². The van der Waals surface area contributed by atoms with E-state index in [0.29, 0.717) is 5.92 Å². The molecule has 0 radical (unpaired) electrons. The molecule has 4 aliphatic rings. The Kier molecular flexibility index (Phi) is 4.04. The lowest BCUT2D eigenvalue weighted by atomic mass is 9.66. The van der Waals surface area contributed by atoms with Crippen molar-refractivity contribution in [1.82, 2.24) is 4.90 Å². The first-order valence-corrected chi connectivity index (χ1v) is 11.1. The molecule has 2 heterocycles. The van der Waals surface area contributed by atoms with Gasteiger partial charge in [0.2, 0.25) is 0 Å². The molecule has 4 heteroatoms. The molecule has 2 aromatic carbocycles. The fraction of sp³-hybridized carbons (Fsp3) is 0.259. The average Bonchev–Trinajstić information content (AvgIpc) is 3.12. The number of carbonyl (C=O) groups excluding carboxylic acids is 1. The van der Waals surface area contributed by atoms with E-state index < -0.39 is 0 Å². The van der Waals surface area contributed by atoms with Crippen LogP contribution in [0, 0.1) is 5.92 Å². The van der Waals surface area contributed by atoms with Gasteiger partial charge in [-0.2, -0.15) is 0 Å². The number of aliphatic imine (C=N–C) groups is 1. The van der Waals surface area contributed by atoms with E-state index in [-0.39, 0.29) is 23.1 Å². The molecule has 0 amide bonds. The van der Waals surface area contributed by atoms with Crippen molar-refractivity contribution in [2.75, 3.05) is 0 Å². The topological polar surface area (TPSA) is 52.9 Å². The first-order valence-electron chi connectivity index (χ1n) is 11.1. The van der Waals surface area contributed by atoms with Crippen LogP contribution in [0.1, 0.15) is 42.7 Å². The first-order chi connectivity index (χ1) is 15.2. The van der Waals surface area contributed by atoms with E-state index in [1.807, 2.05) is 24.3 Å². The Bertz CT molecular complexity index is 1170. The average molecular weight is 409 g/mol. The van der Waals surface area contributed by atoms with E-state index in [1.54, 1.807) is 24.3 Å². The summed E-state index contributed by atoms with van der Waals surface area (Å²) in [5.74, 6) is 0.803. The monoisotopic (exact) mass is 408 g/mol. The van der Waals surface area contributed by atoms with Crippen molar-refractivity contribution >= 4 is 17.2 Å². The van der Waals surface area contributed by atoms with Gasteiger partial charge < -0.3 is 10.0 Å². The van der Waals surface area contributed by atoms with Crippen molar-refractivity contribution in [3.05, 3.63) is 95.7 Å². The summed E-state index contributed by atoms with van der Waals surface area (Å²) in [5, 5.41) is 9.84. The van der Waals surface area contributed by atoms with Crippen LogP contribution in [-0.4, -0.2) is 27.2 Å². The quantitative estimate of drug-likeness (QED) is 0.695. The molecule has 154 valence electrons. The number of hydrogen-bond donors (Lipinski definition) is 1. The molecule has 0 saturated heterocycles. The lowest BCUT2D eigenvalue weighted by molar-refractivity contribution is -0.110. The van der Waals surface area contributed by atoms with E-state index in [4.69, 9.17) is 4.99 Å². The van der Waals surface area contributed by atoms with E-state index in [9.17, 15) is 9.90 Å². The molecule has 3 atom stereocenters. The SMILES string of the molecule is O=C1C=CC2=NC34CCCCC3C(c3ccc(O)cc3)C=C(c3ccccc3)N4C2=C1. The molecule has 1 spiro atoms. The molecule has 3 unspecified atom stereocenters. The summed E-state index contributed by atoms with van der Waals surface area (Å²) in [6.45, 7) is 0. The third kappa shape index (κ3) is 2.74. The normalized spacial score (nSPS) is 28.8. The number of fused-ring (bicyclic) bond motifs is 2. The fourth-order valence-electron chi connectivity index (χ4n) is 5.85. The molecule has 2 aliphatic carbocycles. The molecule has 4 nitrogen and oxygen atoms in total. The molecular weight excluding hydrogens is 384 g/mol. The molecule has 31 heavy (non-hydrogen) atoms. The smallest absolute Gasteiger partial charge is 0.180 e. The zero-order valence-corrected chi connectivity index (χ0v) is 17.2. The molecular formula is C27H24N2O2. The highest BCUT2D eigenvalue weighted by Crippen LogP contribution is 2.57. The summed E-state index contributed by atoms with van der Waals surface area (Å²) >= 11 is 0. The lowest BCUT2D eigenvalue weighted by Gasteiger charge is -2.53. The van der Waals surface area contributed by atoms with E-state index in [1.165, 1.54) is 12.0 Å². The second-order valence-corrected chi connectivity index (χ2v) is 8.86.